The van der Waals surface area contributed by atoms with Crippen LogP contribution in [-0.4, -0.2) is 27.1 Å². The van der Waals surface area contributed by atoms with Crippen LogP contribution < -0.4 is 9.62 Å². The molecule has 164 valence electrons. The lowest BCUT2D eigenvalue weighted by Gasteiger charge is -2.22. The summed E-state index contributed by atoms with van der Waals surface area (Å²) in [6.45, 7) is 3.74. The molecule has 0 radical (unpaired) electrons. The second-order valence-corrected chi connectivity index (χ2v) is 8.81. The van der Waals surface area contributed by atoms with Crippen LogP contribution >= 0.6 is 0 Å². The number of rotatable bonds is 8. The summed E-state index contributed by atoms with van der Waals surface area (Å²) in [5.74, 6) is -0.552. The van der Waals surface area contributed by atoms with Crippen molar-refractivity contribution in [2.45, 2.75) is 39.4 Å². The van der Waals surface area contributed by atoms with E-state index in [1.165, 1.54) is 0 Å². The molecule has 9 heteroatoms. The van der Waals surface area contributed by atoms with Crippen LogP contribution in [-0.2, 0) is 40.4 Å². The topological polar surface area (TPSA) is 66.5 Å². The van der Waals surface area contributed by atoms with Crippen LogP contribution in [0.15, 0.2) is 42.5 Å². The van der Waals surface area contributed by atoms with E-state index in [0.717, 1.165) is 64.4 Å². The smallest absolute Gasteiger partial charge is 0.350 e. The van der Waals surface area contributed by atoms with Crippen LogP contribution in [0.5, 0.6) is 0 Å². The normalized spacial score (nSPS) is 11.9. The van der Waals surface area contributed by atoms with E-state index in [1.54, 1.807) is 0 Å². The van der Waals surface area contributed by atoms with Gasteiger partial charge in [-0.3, -0.25) is 9.10 Å². The van der Waals surface area contributed by atoms with Crippen molar-refractivity contribution in [3.63, 3.8) is 0 Å². The SMILES string of the molecule is CCc1ccc(CC)c(CNC(=O)CN(c2ccc(C(F)(F)F)cc2)S(C)(=O)=O)c1. The van der Waals surface area contributed by atoms with Gasteiger partial charge in [-0.2, -0.15) is 13.2 Å². The number of amides is 1. The van der Waals surface area contributed by atoms with Crippen molar-refractivity contribution in [1.29, 1.82) is 0 Å². The number of sulfonamides is 1. The maximum absolute atomic E-state index is 12.7. The van der Waals surface area contributed by atoms with E-state index < -0.39 is 34.2 Å². The monoisotopic (exact) mass is 442 g/mol. The molecule has 0 bridgehead atoms. The Morgan fingerprint density at radius 3 is 2.13 bits per heavy atom. The van der Waals surface area contributed by atoms with Gasteiger partial charge in [0.2, 0.25) is 15.9 Å². The maximum Gasteiger partial charge on any atom is 0.416 e. The van der Waals surface area contributed by atoms with Crippen molar-refractivity contribution in [3.05, 3.63) is 64.7 Å². The van der Waals surface area contributed by atoms with E-state index in [-0.39, 0.29) is 12.2 Å². The van der Waals surface area contributed by atoms with Crippen molar-refractivity contribution in [2.75, 3.05) is 17.1 Å². The second-order valence-electron chi connectivity index (χ2n) is 6.90. The van der Waals surface area contributed by atoms with Gasteiger partial charge in [-0.25, -0.2) is 8.42 Å². The fraction of sp³-hybridized carbons (Fsp3) is 0.381. The summed E-state index contributed by atoms with van der Waals surface area (Å²) in [6, 6.07) is 9.69. The summed E-state index contributed by atoms with van der Waals surface area (Å²) in [7, 11) is -3.88. The number of alkyl halides is 3. The Balaban J connectivity index is 2.15. The van der Waals surface area contributed by atoms with Gasteiger partial charge in [0.1, 0.15) is 6.54 Å². The maximum atomic E-state index is 12.7. The first kappa shape index (κ1) is 23.7. The minimum absolute atomic E-state index is 0.0112. The van der Waals surface area contributed by atoms with Gasteiger partial charge >= 0.3 is 6.18 Å². The fourth-order valence-corrected chi connectivity index (χ4v) is 3.86. The number of benzene rings is 2. The third-order valence-electron chi connectivity index (χ3n) is 4.71. The lowest BCUT2D eigenvalue weighted by atomic mass is 10.0. The molecule has 0 atom stereocenters. The minimum Gasteiger partial charge on any atom is -0.350 e. The highest BCUT2D eigenvalue weighted by Crippen LogP contribution is 2.30. The summed E-state index contributed by atoms with van der Waals surface area (Å²) in [4.78, 5) is 12.4. The number of aryl methyl sites for hydroxylation is 2. The van der Waals surface area contributed by atoms with Gasteiger partial charge in [0.05, 0.1) is 17.5 Å². The van der Waals surface area contributed by atoms with Crippen LogP contribution in [0.4, 0.5) is 18.9 Å². The van der Waals surface area contributed by atoms with Gasteiger partial charge in [0.25, 0.3) is 0 Å². The number of hydrogen-bond donors (Lipinski definition) is 1. The molecule has 30 heavy (non-hydrogen) atoms. The van der Waals surface area contributed by atoms with Gasteiger partial charge in [0, 0.05) is 6.54 Å². The zero-order valence-electron chi connectivity index (χ0n) is 17.1. The number of anilines is 1. The molecule has 2 aromatic carbocycles. The van der Waals surface area contributed by atoms with Crippen molar-refractivity contribution in [3.8, 4) is 0 Å². The van der Waals surface area contributed by atoms with Crippen LogP contribution in [0.3, 0.4) is 0 Å². The number of nitrogens with one attached hydrogen (secondary N) is 1. The molecule has 0 spiro atoms. The summed E-state index contributed by atoms with van der Waals surface area (Å²) in [5, 5.41) is 2.71. The third-order valence-corrected chi connectivity index (χ3v) is 5.85. The molecular formula is C21H25F3N2O3S. The molecule has 5 nitrogen and oxygen atoms in total. The summed E-state index contributed by atoms with van der Waals surface area (Å²) >= 11 is 0. The second kappa shape index (κ2) is 9.51. The average molecular weight is 443 g/mol. The highest BCUT2D eigenvalue weighted by Gasteiger charge is 2.30. The zero-order valence-corrected chi connectivity index (χ0v) is 17.9. The number of hydrogen-bond acceptors (Lipinski definition) is 3. The minimum atomic E-state index is -4.53. The van der Waals surface area contributed by atoms with Crippen LogP contribution in [0.25, 0.3) is 0 Å². The molecule has 0 aromatic heterocycles. The Labute approximate surface area is 175 Å². The molecule has 2 rings (SSSR count). The van der Waals surface area contributed by atoms with E-state index >= 15 is 0 Å². The van der Waals surface area contributed by atoms with Crippen molar-refractivity contribution in [1.82, 2.24) is 5.32 Å². The Morgan fingerprint density at radius 1 is 1.00 bits per heavy atom. The summed E-state index contributed by atoms with van der Waals surface area (Å²) in [6.07, 6.45) is -2.00. The van der Waals surface area contributed by atoms with Crippen LogP contribution in [0, 0.1) is 0 Å². The molecule has 1 amide bonds. The molecule has 0 unspecified atom stereocenters. The van der Waals surface area contributed by atoms with Crippen molar-refractivity contribution >= 4 is 21.6 Å². The Morgan fingerprint density at radius 2 is 1.63 bits per heavy atom. The van der Waals surface area contributed by atoms with E-state index in [2.05, 4.69) is 5.32 Å². The molecule has 0 fully saturated rings. The highest BCUT2D eigenvalue weighted by molar-refractivity contribution is 7.92. The largest absolute Gasteiger partial charge is 0.416 e. The lowest BCUT2D eigenvalue weighted by molar-refractivity contribution is -0.137. The number of nitrogens with zero attached hydrogens (tertiary/aromatic N) is 1. The van der Waals surface area contributed by atoms with Crippen molar-refractivity contribution in [2.24, 2.45) is 0 Å². The van der Waals surface area contributed by atoms with E-state index in [0.29, 0.717) is 0 Å². The van der Waals surface area contributed by atoms with Crippen LogP contribution in [0.1, 0.15) is 36.1 Å². The first-order valence-corrected chi connectivity index (χ1v) is 11.3. The van der Waals surface area contributed by atoms with Crippen molar-refractivity contribution < 1.29 is 26.4 Å². The van der Waals surface area contributed by atoms with Gasteiger partial charge < -0.3 is 5.32 Å². The molecule has 0 heterocycles. The summed E-state index contributed by atoms with van der Waals surface area (Å²) in [5.41, 5.74) is 2.25. The highest BCUT2D eigenvalue weighted by atomic mass is 32.2. The van der Waals surface area contributed by atoms with Gasteiger partial charge in [-0.05, 0) is 53.8 Å². The number of halogens is 3. The molecule has 2 aromatic rings. The molecule has 0 saturated carbocycles. The quantitative estimate of drug-likeness (QED) is 0.674. The van der Waals surface area contributed by atoms with Crippen LogP contribution in [0.2, 0.25) is 0 Å². The Hall–Kier alpha value is -2.55. The predicted molar refractivity (Wildman–Crippen MR) is 111 cm³/mol. The molecular weight excluding hydrogens is 417 g/mol. The standard InChI is InChI=1S/C21H25F3N2O3S/c1-4-15-6-7-16(5-2)17(12-15)13-25-20(27)14-26(30(3,28)29)19-10-8-18(9-11-19)21(22,23)24/h6-12H,4-5,13-14H2,1-3H3,(H,25,27). The molecule has 1 N–H and O–H groups in total. The average Bonchev–Trinajstić information content (AvgIpc) is 2.68. The first-order valence-electron chi connectivity index (χ1n) is 9.48. The lowest BCUT2D eigenvalue weighted by Crippen LogP contribution is -2.40. The number of carbonyl (C=O) groups excluding carboxylic acids is 1. The molecule has 0 aliphatic rings. The van der Waals surface area contributed by atoms with E-state index in [4.69, 9.17) is 0 Å². The zero-order chi connectivity index (χ0) is 22.5. The third kappa shape index (κ3) is 6.22. The summed E-state index contributed by atoms with van der Waals surface area (Å²) < 4.78 is 63.3. The van der Waals surface area contributed by atoms with E-state index in [9.17, 15) is 26.4 Å². The molecule has 0 aliphatic carbocycles. The van der Waals surface area contributed by atoms with Gasteiger partial charge in [-0.15, -0.1) is 0 Å². The molecule has 0 aliphatic heterocycles. The van der Waals surface area contributed by atoms with E-state index in [1.807, 2.05) is 32.0 Å². The number of carbonyl (C=O) groups is 1. The molecule has 0 saturated heterocycles. The van der Waals surface area contributed by atoms with Gasteiger partial charge in [-0.1, -0.05) is 32.0 Å². The Kier molecular flexibility index (Phi) is 7.52. The predicted octanol–water partition coefficient (Wildman–Crippen LogP) is 3.91. The fourth-order valence-electron chi connectivity index (χ4n) is 3.01. The van der Waals surface area contributed by atoms with Gasteiger partial charge in [0.15, 0.2) is 0 Å². The first-order chi connectivity index (χ1) is 14.0. The Bertz CT molecular complexity index is 988.